The number of anilines is 1. The summed E-state index contributed by atoms with van der Waals surface area (Å²) in [4.78, 5) is 23.4. The maximum absolute atomic E-state index is 11.8. The van der Waals surface area contributed by atoms with Gasteiger partial charge >= 0.3 is 5.97 Å². The number of esters is 1. The summed E-state index contributed by atoms with van der Waals surface area (Å²) in [5, 5.41) is 3.59. The van der Waals surface area contributed by atoms with Crippen molar-refractivity contribution in [1.82, 2.24) is 0 Å². The number of ether oxygens (including phenoxy) is 2. The lowest BCUT2D eigenvalue weighted by molar-refractivity contribution is -0.149. The molecule has 0 unspecified atom stereocenters. The number of rotatable bonds is 6. The van der Waals surface area contributed by atoms with Crippen molar-refractivity contribution in [3.05, 3.63) is 56.5 Å². The van der Waals surface area contributed by atoms with Gasteiger partial charge in [0.05, 0.1) is 15.7 Å². The van der Waals surface area contributed by atoms with Gasteiger partial charge in [0.1, 0.15) is 5.75 Å². The highest BCUT2D eigenvalue weighted by atomic mass is 35.5. The minimum absolute atomic E-state index is 0.168. The molecule has 2 rings (SSSR count). The standard InChI is InChI=1S/C16H11Cl4NO4/c17-9-2-1-3-11(4-9)24-8-15(23)25-7-14(22)21-16-12(19)5-10(18)6-13(16)20/h1-6H,7-8H2,(H,21,22). The average Bonchev–Trinajstić information content (AvgIpc) is 2.54. The highest BCUT2D eigenvalue weighted by molar-refractivity contribution is 6.42. The van der Waals surface area contributed by atoms with Gasteiger partial charge in [-0.2, -0.15) is 0 Å². The molecule has 0 aliphatic heterocycles. The minimum Gasteiger partial charge on any atom is -0.482 e. The molecule has 2 aromatic carbocycles. The molecule has 0 aliphatic carbocycles. The molecule has 132 valence electrons. The summed E-state index contributed by atoms with van der Waals surface area (Å²) in [5.41, 5.74) is 0.184. The van der Waals surface area contributed by atoms with E-state index in [0.717, 1.165) is 0 Å². The number of carbonyl (C=O) groups excluding carboxylic acids is 2. The number of amides is 1. The lowest BCUT2D eigenvalue weighted by Gasteiger charge is -2.10. The zero-order valence-corrected chi connectivity index (χ0v) is 15.5. The number of carbonyl (C=O) groups is 2. The third-order valence-corrected chi connectivity index (χ3v) is 3.84. The van der Waals surface area contributed by atoms with Crippen molar-refractivity contribution in [2.45, 2.75) is 0 Å². The van der Waals surface area contributed by atoms with Gasteiger partial charge in [-0.1, -0.05) is 52.5 Å². The van der Waals surface area contributed by atoms with Gasteiger partial charge in [0.2, 0.25) is 0 Å². The number of nitrogens with one attached hydrogen (secondary N) is 1. The molecule has 1 amide bonds. The van der Waals surface area contributed by atoms with E-state index in [1.54, 1.807) is 24.3 Å². The second-order valence-electron chi connectivity index (χ2n) is 4.70. The van der Waals surface area contributed by atoms with Crippen molar-refractivity contribution in [2.75, 3.05) is 18.5 Å². The Balaban J connectivity index is 1.81. The average molecular weight is 423 g/mol. The van der Waals surface area contributed by atoms with E-state index in [-0.39, 0.29) is 22.3 Å². The molecule has 0 saturated carbocycles. The van der Waals surface area contributed by atoms with Crippen LogP contribution in [0.25, 0.3) is 0 Å². The molecule has 0 aromatic heterocycles. The first-order valence-corrected chi connectivity index (χ1v) is 8.34. The van der Waals surface area contributed by atoms with E-state index in [1.165, 1.54) is 12.1 Å². The van der Waals surface area contributed by atoms with E-state index in [4.69, 9.17) is 55.9 Å². The summed E-state index contributed by atoms with van der Waals surface area (Å²) < 4.78 is 10.0. The number of halogens is 4. The van der Waals surface area contributed by atoms with Crippen LogP contribution in [-0.2, 0) is 14.3 Å². The van der Waals surface area contributed by atoms with E-state index in [1.807, 2.05) is 0 Å². The largest absolute Gasteiger partial charge is 0.482 e. The fourth-order valence-electron chi connectivity index (χ4n) is 1.72. The third-order valence-electron chi connectivity index (χ3n) is 2.79. The van der Waals surface area contributed by atoms with E-state index >= 15 is 0 Å². The summed E-state index contributed by atoms with van der Waals surface area (Å²) in [5.74, 6) is -0.917. The van der Waals surface area contributed by atoms with Gasteiger partial charge in [0.25, 0.3) is 5.91 Å². The summed E-state index contributed by atoms with van der Waals surface area (Å²) in [6.07, 6.45) is 0. The molecule has 0 aliphatic rings. The first-order valence-electron chi connectivity index (χ1n) is 6.83. The maximum atomic E-state index is 11.8. The lowest BCUT2D eigenvalue weighted by atomic mass is 10.3. The first kappa shape index (κ1) is 19.7. The Hall–Kier alpha value is -1.66. The monoisotopic (exact) mass is 421 g/mol. The van der Waals surface area contributed by atoms with Gasteiger partial charge in [0, 0.05) is 10.0 Å². The van der Waals surface area contributed by atoms with E-state index in [2.05, 4.69) is 5.32 Å². The molecule has 0 bridgehead atoms. The predicted molar refractivity (Wildman–Crippen MR) is 98.0 cm³/mol. The molecule has 25 heavy (non-hydrogen) atoms. The van der Waals surface area contributed by atoms with E-state index in [0.29, 0.717) is 15.8 Å². The number of benzene rings is 2. The van der Waals surface area contributed by atoms with Gasteiger partial charge in [-0.05, 0) is 30.3 Å². The van der Waals surface area contributed by atoms with Crippen LogP contribution in [0.15, 0.2) is 36.4 Å². The zero-order valence-electron chi connectivity index (χ0n) is 12.5. The normalized spacial score (nSPS) is 10.2. The smallest absolute Gasteiger partial charge is 0.344 e. The molecular formula is C16H11Cl4NO4. The number of hydrogen-bond acceptors (Lipinski definition) is 4. The van der Waals surface area contributed by atoms with E-state index in [9.17, 15) is 9.59 Å². The Bertz CT molecular complexity index is 774. The zero-order chi connectivity index (χ0) is 18.4. The van der Waals surface area contributed by atoms with Crippen molar-refractivity contribution in [3.63, 3.8) is 0 Å². The molecule has 0 heterocycles. The van der Waals surface area contributed by atoms with E-state index < -0.39 is 18.5 Å². The van der Waals surface area contributed by atoms with Crippen molar-refractivity contribution < 1.29 is 19.1 Å². The second-order valence-corrected chi connectivity index (χ2v) is 6.39. The molecule has 2 aromatic rings. The van der Waals surface area contributed by atoms with Crippen LogP contribution in [0.5, 0.6) is 5.75 Å². The SMILES string of the molecule is O=C(COC(=O)COc1cccc(Cl)c1)Nc1c(Cl)cc(Cl)cc1Cl. The van der Waals surface area contributed by atoms with Gasteiger partial charge < -0.3 is 14.8 Å². The van der Waals surface area contributed by atoms with Crippen LogP contribution < -0.4 is 10.1 Å². The fourth-order valence-corrected chi connectivity index (χ4v) is 2.82. The molecule has 0 atom stereocenters. The number of hydrogen-bond donors (Lipinski definition) is 1. The Labute approximate surface area is 163 Å². The molecule has 1 N–H and O–H groups in total. The summed E-state index contributed by atoms with van der Waals surface area (Å²) in [6, 6.07) is 9.38. The molecule has 0 fully saturated rings. The van der Waals surface area contributed by atoms with Crippen LogP contribution in [0.3, 0.4) is 0 Å². The Morgan fingerprint density at radius 2 is 1.60 bits per heavy atom. The summed E-state index contributed by atoms with van der Waals surface area (Å²) >= 11 is 23.5. The first-order chi connectivity index (χ1) is 11.8. The van der Waals surface area contributed by atoms with Crippen molar-refractivity contribution in [2.24, 2.45) is 0 Å². The lowest BCUT2D eigenvalue weighted by Crippen LogP contribution is -2.24. The van der Waals surface area contributed by atoms with Gasteiger partial charge in [-0.15, -0.1) is 0 Å². The topological polar surface area (TPSA) is 64.6 Å². The van der Waals surface area contributed by atoms with Crippen LogP contribution in [-0.4, -0.2) is 25.1 Å². The Morgan fingerprint density at radius 3 is 2.24 bits per heavy atom. The predicted octanol–water partition coefficient (Wildman–Crippen LogP) is 4.86. The van der Waals surface area contributed by atoms with Crippen LogP contribution >= 0.6 is 46.4 Å². The molecule has 5 nitrogen and oxygen atoms in total. The van der Waals surface area contributed by atoms with Crippen molar-refractivity contribution in [1.29, 1.82) is 0 Å². The molecule has 9 heteroatoms. The van der Waals surface area contributed by atoms with Gasteiger partial charge in [-0.25, -0.2) is 4.79 Å². The molecular weight excluding hydrogens is 412 g/mol. The quantitative estimate of drug-likeness (QED) is 0.675. The van der Waals surface area contributed by atoms with Crippen molar-refractivity contribution >= 4 is 64.0 Å². The Morgan fingerprint density at radius 1 is 0.920 bits per heavy atom. The van der Waals surface area contributed by atoms with Crippen LogP contribution in [0.4, 0.5) is 5.69 Å². The summed E-state index contributed by atoms with van der Waals surface area (Å²) in [7, 11) is 0. The van der Waals surface area contributed by atoms with Gasteiger partial charge in [0.15, 0.2) is 13.2 Å². The molecule has 0 radical (unpaired) electrons. The second kappa shape index (κ2) is 9.15. The van der Waals surface area contributed by atoms with Gasteiger partial charge in [-0.3, -0.25) is 4.79 Å². The van der Waals surface area contributed by atoms with Crippen LogP contribution in [0, 0.1) is 0 Å². The van der Waals surface area contributed by atoms with Crippen LogP contribution in [0.2, 0.25) is 20.1 Å². The third kappa shape index (κ3) is 6.29. The maximum Gasteiger partial charge on any atom is 0.344 e. The van der Waals surface area contributed by atoms with Crippen LogP contribution in [0.1, 0.15) is 0 Å². The highest BCUT2D eigenvalue weighted by Gasteiger charge is 2.13. The molecule has 0 spiro atoms. The molecule has 0 saturated heterocycles. The highest BCUT2D eigenvalue weighted by Crippen LogP contribution is 2.33. The van der Waals surface area contributed by atoms with Crippen molar-refractivity contribution in [3.8, 4) is 5.75 Å². The fraction of sp³-hybridized carbons (Fsp3) is 0.125. The minimum atomic E-state index is -0.719. The summed E-state index contributed by atoms with van der Waals surface area (Å²) in [6.45, 7) is -0.886. The Kier molecular flexibility index (Phi) is 7.20.